The van der Waals surface area contributed by atoms with Crippen molar-refractivity contribution in [3.05, 3.63) is 101 Å². The minimum absolute atomic E-state index is 0.245. The maximum atomic E-state index is 13.1. The average molecular weight is 499 g/mol. The number of hydrogen-bond donors (Lipinski definition) is 1. The number of nitrogens with one attached hydrogen (secondary N) is 1. The van der Waals surface area contributed by atoms with E-state index in [1.165, 1.54) is 23.9 Å². The van der Waals surface area contributed by atoms with Crippen LogP contribution in [0.4, 0.5) is 4.39 Å². The van der Waals surface area contributed by atoms with E-state index in [0.29, 0.717) is 47.2 Å². The van der Waals surface area contributed by atoms with E-state index in [1.54, 1.807) is 23.1 Å². The third-order valence-electron chi connectivity index (χ3n) is 4.90. The van der Waals surface area contributed by atoms with Crippen LogP contribution in [0.2, 0.25) is 5.02 Å². The van der Waals surface area contributed by atoms with Crippen LogP contribution in [-0.2, 0) is 18.9 Å². The molecule has 0 radical (unpaired) electrons. The molecular weight excluding hydrogens is 475 g/mol. The smallest absolute Gasteiger partial charge is 0.210 e. The number of rotatable bonds is 11. The number of thioether (sulfide) groups is 1. The zero-order valence-electron chi connectivity index (χ0n) is 18.6. The van der Waals surface area contributed by atoms with Crippen LogP contribution in [0.5, 0.6) is 11.5 Å². The lowest BCUT2D eigenvalue weighted by Gasteiger charge is -2.15. The summed E-state index contributed by atoms with van der Waals surface area (Å²) in [6.07, 6.45) is 1.62. The van der Waals surface area contributed by atoms with Crippen LogP contribution in [0.15, 0.2) is 78.2 Å². The SMILES string of the molecule is CCOc1cc(CNn2cnnc2SCc2ccc(F)cc2)ccc1OCc1ccccc1Cl. The summed E-state index contributed by atoms with van der Waals surface area (Å²) < 4.78 is 26.7. The first-order valence-corrected chi connectivity index (χ1v) is 12.1. The highest BCUT2D eigenvalue weighted by atomic mass is 35.5. The fraction of sp³-hybridized carbons (Fsp3) is 0.200. The molecule has 0 atom stereocenters. The Bertz CT molecular complexity index is 1220. The molecule has 0 spiro atoms. The van der Waals surface area contributed by atoms with Crippen LogP contribution < -0.4 is 14.9 Å². The summed E-state index contributed by atoms with van der Waals surface area (Å²) in [5.41, 5.74) is 6.24. The van der Waals surface area contributed by atoms with Gasteiger partial charge in [-0.3, -0.25) is 0 Å². The van der Waals surface area contributed by atoms with Crippen molar-refractivity contribution >= 4 is 23.4 Å². The maximum absolute atomic E-state index is 13.1. The summed E-state index contributed by atoms with van der Waals surface area (Å²) in [5, 5.41) is 9.55. The molecule has 6 nitrogen and oxygen atoms in total. The second-order valence-electron chi connectivity index (χ2n) is 7.33. The summed E-state index contributed by atoms with van der Waals surface area (Å²) in [4.78, 5) is 0. The Morgan fingerprint density at radius 3 is 2.59 bits per heavy atom. The quantitative estimate of drug-likeness (QED) is 0.253. The van der Waals surface area contributed by atoms with Gasteiger partial charge in [-0.25, -0.2) is 9.07 Å². The first-order chi connectivity index (χ1) is 16.6. The molecule has 0 aliphatic rings. The molecule has 0 fully saturated rings. The van der Waals surface area contributed by atoms with Crippen LogP contribution in [0.25, 0.3) is 0 Å². The highest BCUT2D eigenvalue weighted by Crippen LogP contribution is 2.30. The molecule has 0 bridgehead atoms. The van der Waals surface area contributed by atoms with E-state index in [2.05, 4.69) is 15.6 Å². The van der Waals surface area contributed by atoms with Crippen molar-refractivity contribution in [1.82, 2.24) is 14.9 Å². The molecule has 176 valence electrons. The van der Waals surface area contributed by atoms with Crippen molar-refractivity contribution in [3.63, 3.8) is 0 Å². The summed E-state index contributed by atoms with van der Waals surface area (Å²) in [5.74, 6) is 1.74. The number of halogens is 2. The molecule has 0 aliphatic heterocycles. The van der Waals surface area contributed by atoms with E-state index in [-0.39, 0.29) is 5.82 Å². The van der Waals surface area contributed by atoms with E-state index in [1.807, 2.05) is 49.4 Å². The summed E-state index contributed by atoms with van der Waals surface area (Å²) in [7, 11) is 0. The lowest BCUT2D eigenvalue weighted by atomic mass is 10.2. The lowest BCUT2D eigenvalue weighted by molar-refractivity contribution is 0.269. The molecular formula is C25H24ClFN4O2S. The molecule has 1 aromatic heterocycles. The average Bonchev–Trinajstić information content (AvgIpc) is 3.30. The minimum atomic E-state index is -0.245. The summed E-state index contributed by atoms with van der Waals surface area (Å²) >= 11 is 7.75. The van der Waals surface area contributed by atoms with E-state index < -0.39 is 0 Å². The van der Waals surface area contributed by atoms with Gasteiger partial charge in [-0.2, -0.15) is 0 Å². The van der Waals surface area contributed by atoms with Crippen molar-refractivity contribution in [2.75, 3.05) is 12.0 Å². The minimum Gasteiger partial charge on any atom is -0.490 e. The van der Waals surface area contributed by atoms with Crippen LogP contribution in [-0.4, -0.2) is 21.5 Å². The molecule has 3 aromatic carbocycles. The number of hydrogen-bond acceptors (Lipinski definition) is 6. The predicted molar refractivity (Wildman–Crippen MR) is 132 cm³/mol. The first kappa shape index (κ1) is 23.9. The summed E-state index contributed by atoms with van der Waals surface area (Å²) in [6, 6.07) is 19.9. The molecule has 4 aromatic rings. The molecule has 1 N–H and O–H groups in total. The van der Waals surface area contributed by atoms with Crippen molar-refractivity contribution in [1.29, 1.82) is 0 Å². The van der Waals surface area contributed by atoms with Gasteiger partial charge in [0.25, 0.3) is 0 Å². The molecule has 9 heteroatoms. The second kappa shape index (κ2) is 11.8. The molecule has 0 amide bonds. The largest absolute Gasteiger partial charge is 0.490 e. The van der Waals surface area contributed by atoms with Gasteiger partial charge in [-0.05, 0) is 48.4 Å². The maximum Gasteiger partial charge on any atom is 0.210 e. The number of nitrogens with zero attached hydrogens (tertiary/aromatic N) is 3. The van der Waals surface area contributed by atoms with Gasteiger partial charge in [0.05, 0.1) is 13.2 Å². The van der Waals surface area contributed by atoms with Gasteiger partial charge in [-0.1, -0.05) is 59.8 Å². The Balaban J connectivity index is 1.37. The predicted octanol–water partition coefficient (Wildman–Crippen LogP) is 6.08. The molecule has 0 saturated heterocycles. The Morgan fingerprint density at radius 2 is 1.79 bits per heavy atom. The fourth-order valence-electron chi connectivity index (χ4n) is 3.16. The molecule has 1 heterocycles. The number of aromatic nitrogens is 3. The normalized spacial score (nSPS) is 10.8. The Kier molecular flexibility index (Phi) is 8.27. The van der Waals surface area contributed by atoms with Gasteiger partial charge >= 0.3 is 0 Å². The molecule has 0 unspecified atom stereocenters. The highest BCUT2D eigenvalue weighted by molar-refractivity contribution is 7.98. The third-order valence-corrected chi connectivity index (χ3v) is 6.28. The van der Waals surface area contributed by atoms with Crippen molar-refractivity contribution < 1.29 is 13.9 Å². The Morgan fingerprint density at radius 1 is 1.00 bits per heavy atom. The van der Waals surface area contributed by atoms with Gasteiger partial charge in [0, 0.05) is 16.3 Å². The highest BCUT2D eigenvalue weighted by Gasteiger charge is 2.10. The second-order valence-corrected chi connectivity index (χ2v) is 8.68. The van der Waals surface area contributed by atoms with E-state index in [9.17, 15) is 4.39 Å². The molecule has 34 heavy (non-hydrogen) atoms. The van der Waals surface area contributed by atoms with E-state index in [4.69, 9.17) is 21.1 Å². The van der Waals surface area contributed by atoms with Crippen molar-refractivity contribution in [2.45, 2.75) is 31.0 Å². The van der Waals surface area contributed by atoms with Gasteiger partial charge in [0.2, 0.25) is 5.16 Å². The topological polar surface area (TPSA) is 61.2 Å². The van der Waals surface area contributed by atoms with Crippen LogP contribution in [0.3, 0.4) is 0 Å². The zero-order chi connectivity index (χ0) is 23.8. The Labute approximate surface area is 207 Å². The zero-order valence-corrected chi connectivity index (χ0v) is 20.2. The number of ether oxygens (including phenoxy) is 2. The monoisotopic (exact) mass is 498 g/mol. The van der Waals surface area contributed by atoms with Gasteiger partial charge in [0.15, 0.2) is 11.5 Å². The van der Waals surface area contributed by atoms with Gasteiger partial charge in [-0.15, -0.1) is 10.2 Å². The van der Waals surface area contributed by atoms with Gasteiger partial charge < -0.3 is 14.9 Å². The summed E-state index contributed by atoms with van der Waals surface area (Å²) in [6.45, 7) is 3.35. The molecule has 4 rings (SSSR count). The first-order valence-electron chi connectivity index (χ1n) is 10.8. The Hall–Kier alpha value is -3.23. The van der Waals surface area contributed by atoms with Crippen molar-refractivity contribution in [3.8, 4) is 11.5 Å². The van der Waals surface area contributed by atoms with E-state index in [0.717, 1.165) is 16.7 Å². The molecule has 0 saturated carbocycles. The molecule has 0 aliphatic carbocycles. The van der Waals surface area contributed by atoms with E-state index >= 15 is 0 Å². The van der Waals surface area contributed by atoms with Crippen LogP contribution >= 0.6 is 23.4 Å². The van der Waals surface area contributed by atoms with Crippen LogP contribution in [0.1, 0.15) is 23.6 Å². The number of benzene rings is 3. The fourth-order valence-corrected chi connectivity index (χ4v) is 4.19. The van der Waals surface area contributed by atoms with Crippen molar-refractivity contribution in [2.24, 2.45) is 0 Å². The van der Waals surface area contributed by atoms with Crippen LogP contribution in [0, 0.1) is 5.82 Å². The standard InChI is InChI=1S/C25H24ClFN4O2S/c1-2-32-24-13-19(9-12-23(24)33-15-20-5-3-4-6-22(20)26)14-29-31-17-28-30-25(31)34-16-18-7-10-21(27)11-8-18/h3-13,17,29H,2,14-16H2,1H3. The van der Waals surface area contributed by atoms with Gasteiger partial charge in [0.1, 0.15) is 18.8 Å². The lowest BCUT2D eigenvalue weighted by Crippen LogP contribution is -2.14. The third kappa shape index (κ3) is 6.42.